The second kappa shape index (κ2) is 8.90. The van der Waals surface area contributed by atoms with Crippen LogP contribution in [0, 0.1) is 5.92 Å². The maximum Gasteiger partial charge on any atom is 0.133 e. The summed E-state index contributed by atoms with van der Waals surface area (Å²) in [5.41, 5.74) is 0. The highest BCUT2D eigenvalue weighted by molar-refractivity contribution is 5.78. The first-order valence-electron chi connectivity index (χ1n) is 6.35. The minimum Gasteiger partial charge on any atom is -0.315 e. The summed E-state index contributed by atoms with van der Waals surface area (Å²) in [5, 5.41) is 3.33. The summed E-state index contributed by atoms with van der Waals surface area (Å²) < 4.78 is 0. The van der Waals surface area contributed by atoms with Crippen LogP contribution in [0.15, 0.2) is 0 Å². The van der Waals surface area contributed by atoms with Gasteiger partial charge in [-0.15, -0.1) is 0 Å². The largest absolute Gasteiger partial charge is 0.315 e. The number of nitrogens with one attached hydrogen (secondary N) is 1. The second-order valence-corrected chi connectivity index (χ2v) is 4.64. The fourth-order valence-corrected chi connectivity index (χ4v) is 1.68. The molecule has 0 aliphatic rings. The van der Waals surface area contributed by atoms with Crippen LogP contribution >= 0.6 is 0 Å². The summed E-state index contributed by atoms with van der Waals surface area (Å²) in [4.78, 5) is 11.6. The van der Waals surface area contributed by atoms with Crippen LogP contribution in [-0.2, 0) is 4.79 Å². The summed E-state index contributed by atoms with van der Waals surface area (Å²) in [5.74, 6) is 1.05. The molecule has 1 N–H and O–H groups in total. The Balaban J connectivity index is 3.48. The van der Waals surface area contributed by atoms with E-state index in [2.05, 4.69) is 33.0 Å². The normalized spacial score (nSPS) is 11.3. The van der Waals surface area contributed by atoms with E-state index < -0.39 is 0 Å². The van der Waals surface area contributed by atoms with Gasteiger partial charge in [-0.3, -0.25) is 4.79 Å². The van der Waals surface area contributed by atoms with Gasteiger partial charge in [-0.1, -0.05) is 40.5 Å². The minimum atomic E-state index is 0.439. The topological polar surface area (TPSA) is 29.1 Å². The van der Waals surface area contributed by atoms with Gasteiger partial charge in [-0.2, -0.15) is 0 Å². The first kappa shape index (κ1) is 14.6. The molecule has 0 aromatic carbocycles. The second-order valence-electron chi connectivity index (χ2n) is 4.64. The van der Waals surface area contributed by atoms with Crippen molar-refractivity contribution in [3.05, 3.63) is 0 Å². The van der Waals surface area contributed by atoms with E-state index in [0.29, 0.717) is 17.7 Å². The van der Waals surface area contributed by atoms with E-state index >= 15 is 0 Å². The van der Waals surface area contributed by atoms with E-state index in [0.717, 1.165) is 38.6 Å². The zero-order valence-corrected chi connectivity index (χ0v) is 10.8. The first-order valence-corrected chi connectivity index (χ1v) is 6.35. The van der Waals surface area contributed by atoms with Gasteiger partial charge in [0, 0.05) is 18.9 Å². The van der Waals surface area contributed by atoms with Gasteiger partial charge in [-0.05, 0) is 18.9 Å². The van der Waals surface area contributed by atoms with E-state index in [4.69, 9.17) is 0 Å². The smallest absolute Gasteiger partial charge is 0.133 e. The highest BCUT2D eigenvalue weighted by atomic mass is 16.1. The van der Waals surface area contributed by atoms with Crippen LogP contribution in [0.2, 0.25) is 0 Å². The van der Waals surface area contributed by atoms with Crippen LogP contribution in [0.4, 0.5) is 0 Å². The van der Waals surface area contributed by atoms with Gasteiger partial charge >= 0.3 is 0 Å². The van der Waals surface area contributed by atoms with Gasteiger partial charge in [0.15, 0.2) is 0 Å². The van der Waals surface area contributed by atoms with Gasteiger partial charge < -0.3 is 5.32 Å². The van der Waals surface area contributed by atoms with Gasteiger partial charge in [0.2, 0.25) is 0 Å². The van der Waals surface area contributed by atoms with Crippen LogP contribution in [-0.4, -0.2) is 18.4 Å². The molecule has 0 atom stereocenters. The van der Waals surface area contributed by atoms with Crippen molar-refractivity contribution in [3.8, 4) is 0 Å². The molecule has 0 heterocycles. The summed E-state index contributed by atoms with van der Waals surface area (Å²) >= 11 is 0. The van der Waals surface area contributed by atoms with Crippen LogP contribution in [0.25, 0.3) is 0 Å². The Morgan fingerprint density at radius 1 is 1.20 bits per heavy atom. The lowest BCUT2D eigenvalue weighted by molar-refractivity contribution is -0.120. The highest BCUT2D eigenvalue weighted by Crippen LogP contribution is 2.14. The van der Waals surface area contributed by atoms with Gasteiger partial charge in [0.05, 0.1) is 0 Å². The van der Waals surface area contributed by atoms with Crippen molar-refractivity contribution in [1.82, 2.24) is 5.32 Å². The SMILES string of the molecule is CCC(CC)CC(=O)CCCNC(C)C. The van der Waals surface area contributed by atoms with E-state index in [9.17, 15) is 4.79 Å². The Bertz CT molecular complexity index is 162. The fourth-order valence-electron chi connectivity index (χ4n) is 1.68. The molecule has 0 unspecified atom stereocenters. The molecule has 0 fully saturated rings. The van der Waals surface area contributed by atoms with Crippen molar-refractivity contribution in [1.29, 1.82) is 0 Å². The van der Waals surface area contributed by atoms with Gasteiger partial charge in [-0.25, -0.2) is 0 Å². The number of hydrogen-bond acceptors (Lipinski definition) is 2. The Labute approximate surface area is 94.8 Å². The van der Waals surface area contributed by atoms with Gasteiger partial charge in [0.25, 0.3) is 0 Å². The maximum atomic E-state index is 11.6. The van der Waals surface area contributed by atoms with Crippen molar-refractivity contribution in [2.75, 3.05) is 6.54 Å². The minimum absolute atomic E-state index is 0.439. The molecule has 0 spiro atoms. The molecule has 0 aromatic heterocycles. The molecule has 0 aliphatic carbocycles. The third-order valence-electron chi connectivity index (χ3n) is 2.86. The molecule has 0 amide bonds. The average Bonchev–Trinajstić information content (AvgIpc) is 2.20. The molecular weight excluding hydrogens is 186 g/mol. The predicted molar refractivity (Wildman–Crippen MR) is 66.1 cm³/mol. The summed E-state index contributed by atoms with van der Waals surface area (Å²) in [6.07, 6.45) is 4.78. The molecular formula is C13H27NO. The van der Waals surface area contributed by atoms with Gasteiger partial charge in [0.1, 0.15) is 5.78 Å². The molecule has 0 aliphatic heterocycles. The number of carbonyl (C=O) groups excluding carboxylic acids is 1. The lowest BCUT2D eigenvalue weighted by Crippen LogP contribution is -2.24. The van der Waals surface area contributed by atoms with E-state index in [1.54, 1.807) is 0 Å². The number of ketones is 1. The number of Topliss-reactive ketones (excluding diaryl/α,β-unsaturated/α-hetero) is 1. The van der Waals surface area contributed by atoms with Crippen molar-refractivity contribution < 1.29 is 4.79 Å². The molecule has 0 aromatic rings. The Kier molecular flexibility index (Phi) is 8.68. The zero-order chi connectivity index (χ0) is 11.7. The number of carbonyl (C=O) groups is 1. The first-order chi connectivity index (χ1) is 7.10. The van der Waals surface area contributed by atoms with Crippen LogP contribution < -0.4 is 5.32 Å². The van der Waals surface area contributed by atoms with E-state index in [-0.39, 0.29) is 0 Å². The average molecular weight is 213 g/mol. The molecule has 0 radical (unpaired) electrons. The third kappa shape index (κ3) is 8.61. The monoisotopic (exact) mass is 213 g/mol. The fraction of sp³-hybridized carbons (Fsp3) is 0.923. The van der Waals surface area contributed by atoms with Crippen LogP contribution in [0.3, 0.4) is 0 Å². The van der Waals surface area contributed by atoms with Crippen molar-refractivity contribution >= 4 is 5.78 Å². The lowest BCUT2D eigenvalue weighted by atomic mass is 9.95. The Hall–Kier alpha value is -0.370. The standard InChI is InChI=1S/C13H27NO/c1-5-12(6-2)10-13(15)8-7-9-14-11(3)4/h11-12,14H,5-10H2,1-4H3. The quantitative estimate of drug-likeness (QED) is 0.596. The molecule has 2 heteroatoms. The summed E-state index contributed by atoms with van der Waals surface area (Å²) in [6.45, 7) is 9.56. The third-order valence-corrected chi connectivity index (χ3v) is 2.86. The lowest BCUT2D eigenvalue weighted by Gasteiger charge is -2.11. The van der Waals surface area contributed by atoms with Crippen molar-refractivity contribution in [3.63, 3.8) is 0 Å². The molecule has 0 bridgehead atoms. The Morgan fingerprint density at radius 2 is 1.80 bits per heavy atom. The maximum absolute atomic E-state index is 11.6. The summed E-state index contributed by atoms with van der Waals surface area (Å²) in [7, 11) is 0. The highest BCUT2D eigenvalue weighted by Gasteiger charge is 2.09. The van der Waals surface area contributed by atoms with Crippen molar-refractivity contribution in [2.45, 2.75) is 65.8 Å². The molecule has 90 valence electrons. The Morgan fingerprint density at radius 3 is 2.27 bits per heavy atom. The molecule has 0 saturated carbocycles. The molecule has 15 heavy (non-hydrogen) atoms. The summed E-state index contributed by atoms with van der Waals surface area (Å²) in [6, 6.07) is 0.527. The zero-order valence-electron chi connectivity index (χ0n) is 10.8. The molecule has 0 rings (SSSR count). The number of hydrogen-bond donors (Lipinski definition) is 1. The number of rotatable bonds is 9. The van der Waals surface area contributed by atoms with Crippen LogP contribution in [0.5, 0.6) is 0 Å². The predicted octanol–water partition coefficient (Wildman–Crippen LogP) is 3.16. The molecule has 0 saturated heterocycles. The van der Waals surface area contributed by atoms with E-state index in [1.165, 1.54) is 0 Å². The molecule has 2 nitrogen and oxygen atoms in total. The van der Waals surface area contributed by atoms with Crippen LogP contribution in [0.1, 0.15) is 59.8 Å². The van der Waals surface area contributed by atoms with Crippen molar-refractivity contribution in [2.24, 2.45) is 5.92 Å². The van der Waals surface area contributed by atoms with E-state index in [1.807, 2.05) is 0 Å².